The lowest BCUT2D eigenvalue weighted by molar-refractivity contribution is -0.132. The summed E-state index contributed by atoms with van der Waals surface area (Å²) < 4.78 is 16.8. The topological polar surface area (TPSA) is 98.8 Å². The van der Waals surface area contributed by atoms with Crippen LogP contribution < -0.4 is 24.8 Å². The molecule has 1 aliphatic carbocycles. The number of hydrogen-bond donors (Lipinski definition) is 2. The van der Waals surface area contributed by atoms with Crippen molar-refractivity contribution in [2.45, 2.75) is 45.1 Å². The predicted octanol–water partition coefficient (Wildman–Crippen LogP) is 5.07. The minimum absolute atomic E-state index is 0.174. The average Bonchev–Trinajstić information content (AvgIpc) is 2.89. The van der Waals surface area contributed by atoms with E-state index in [1.807, 2.05) is 6.07 Å². The van der Waals surface area contributed by atoms with Gasteiger partial charge in [0.25, 0.3) is 0 Å². The number of pyridine rings is 1. The third-order valence-corrected chi connectivity index (χ3v) is 6.29. The molecule has 1 heterocycles. The lowest BCUT2D eigenvalue weighted by atomic mass is 9.95. The van der Waals surface area contributed by atoms with Crippen molar-refractivity contribution in [3.8, 4) is 23.0 Å². The van der Waals surface area contributed by atoms with Gasteiger partial charge < -0.3 is 24.8 Å². The zero-order chi connectivity index (χ0) is 24.8. The molecule has 0 spiro atoms. The number of hydrogen-bond acceptors (Lipinski definition) is 6. The van der Waals surface area contributed by atoms with E-state index in [1.54, 1.807) is 63.7 Å². The second-order valence-electron chi connectivity index (χ2n) is 8.71. The molecule has 0 aliphatic heterocycles. The van der Waals surface area contributed by atoms with Gasteiger partial charge in [-0.15, -0.1) is 0 Å². The third-order valence-electron chi connectivity index (χ3n) is 6.29. The van der Waals surface area contributed by atoms with Gasteiger partial charge in [0.1, 0.15) is 17.4 Å². The summed E-state index contributed by atoms with van der Waals surface area (Å²) in [6, 6.07) is 12.6. The van der Waals surface area contributed by atoms with Crippen LogP contribution in [0.15, 0.2) is 48.7 Å². The van der Waals surface area contributed by atoms with E-state index in [4.69, 9.17) is 14.2 Å². The Morgan fingerprint density at radius 2 is 1.60 bits per heavy atom. The number of fused-ring (bicyclic) bond motifs is 1. The summed E-state index contributed by atoms with van der Waals surface area (Å²) in [6.07, 6.45) is 7.08. The number of methoxy groups -OCH3 is 2. The standard InChI is InChI=1S/C27H31N3O5/c1-17(26(31)29-18-7-5-4-6-8-18)27(32)30-19-9-11-20(12-10-19)35-23-13-14-28-22-16-25(34-3)24(33-2)15-21(22)23/h9-18H,4-8H2,1-3H3,(H,29,31)(H,30,32). The van der Waals surface area contributed by atoms with Crippen molar-refractivity contribution in [1.82, 2.24) is 10.3 Å². The highest BCUT2D eigenvalue weighted by molar-refractivity contribution is 6.06. The van der Waals surface area contributed by atoms with Crippen molar-refractivity contribution in [3.05, 3.63) is 48.7 Å². The largest absolute Gasteiger partial charge is 0.493 e. The molecule has 1 aromatic heterocycles. The fourth-order valence-corrected chi connectivity index (χ4v) is 4.21. The van der Waals surface area contributed by atoms with E-state index in [-0.39, 0.29) is 17.9 Å². The molecule has 4 rings (SSSR count). The Morgan fingerprint density at radius 3 is 2.29 bits per heavy atom. The first-order chi connectivity index (χ1) is 17.0. The third kappa shape index (κ3) is 5.82. The van der Waals surface area contributed by atoms with Crippen LogP contribution in [-0.2, 0) is 9.59 Å². The molecule has 1 unspecified atom stereocenters. The number of aromatic nitrogens is 1. The number of carbonyl (C=O) groups is 2. The molecule has 3 aromatic rings. The Morgan fingerprint density at radius 1 is 0.914 bits per heavy atom. The van der Waals surface area contributed by atoms with Crippen LogP contribution in [0.4, 0.5) is 5.69 Å². The Bertz CT molecular complexity index is 1190. The van der Waals surface area contributed by atoms with Crippen LogP contribution in [0.2, 0.25) is 0 Å². The smallest absolute Gasteiger partial charge is 0.236 e. The number of nitrogens with one attached hydrogen (secondary N) is 2. The van der Waals surface area contributed by atoms with Gasteiger partial charge in [0.15, 0.2) is 11.5 Å². The Labute approximate surface area is 205 Å². The van der Waals surface area contributed by atoms with Crippen LogP contribution >= 0.6 is 0 Å². The fraction of sp³-hybridized carbons (Fsp3) is 0.370. The fourth-order valence-electron chi connectivity index (χ4n) is 4.21. The van der Waals surface area contributed by atoms with Gasteiger partial charge in [-0.2, -0.15) is 0 Å². The average molecular weight is 478 g/mol. The number of benzene rings is 2. The van der Waals surface area contributed by atoms with Gasteiger partial charge in [0.05, 0.1) is 19.7 Å². The quantitative estimate of drug-likeness (QED) is 0.440. The highest BCUT2D eigenvalue weighted by Crippen LogP contribution is 2.37. The SMILES string of the molecule is COc1cc2nccc(Oc3ccc(NC(=O)C(C)C(=O)NC4CCCCC4)cc3)c2cc1OC. The highest BCUT2D eigenvalue weighted by atomic mass is 16.5. The predicted molar refractivity (Wildman–Crippen MR) is 134 cm³/mol. The van der Waals surface area contributed by atoms with Crippen LogP contribution in [0.5, 0.6) is 23.0 Å². The van der Waals surface area contributed by atoms with E-state index in [2.05, 4.69) is 15.6 Å². The summed E-state index contributed by atoms with van der Waals surface area (Å²) in [6.45, 7) is 1.63. The molecular weight excluding hydrogens is 446 g/mol. The summed E-state index contributed by atoms with van der Waals surface area (Å²) in [7, 11) is 3.16. The maximum Gasteiger partial charge on any atom is 0.236 e. The molecule has 1 saturated carbocycles. The summed E-state index contributed by atoms with van der Waals surface area (Å²) in [5.74, 6) is 1.03. The van der Waals surface area contributed by atoms with Crippen LogP contribution in [0.25, 0.3) is 10.9 Å². The van der Waals surface area contributed by atoms with Gasteiger partial charge in [-0.3, -0.25) is 14.6 Å². The van der Waals surface area contributed by atoms with Gasteiger partial charge in [-0.1, -0.05) is 19.3 Å². The minimum Gasteiger partial charge on any atom is -0.493 e. The van der Waals surface area contributed by atoms with Crippen molar-refractivity contribution >= 4 is 28.4 Å². The molecule has 35 heavy (non-hydrogen) atoms. The molecule has 8 nitrogen and oxygen atoms in total. The Kier molecular flexibility index (Phi) is 7.70. The van der Waals surface area contributed by atoms with Gasteiger partial charge in [-0.25, -0.2) is 0 Å². The number of rotatable bonds is 8. The van der Waals surface area contributed by atoms with E-state index in [9.17, 15) is 9.59 Å². The Hall–Kier alpha value is -3.81. The second-order valence-corrected chi connectivity index (χ2v) is 8.71. The first-order valence-electron chi connectivity index (χ1n) is 11.9. The molecule has 0 saturated heterocycles. The molecular formula is C27H31N3O5. The maximum atomic E-state index is 12.6. The lowest BCUT2D eigenvalue weighted by Crippen LogP contribution is -2.42. The number of carbonyl (C=O) groups excluding carboxylic acids is 2. The number of amides is 2. The summed E-state index contributed by atoms with van der Waals surface area (Å²) in [5, 5.41) is 6.60. The molecule has 8 heteroatoms. The first-order valence-corrected chi connectivity index (χ1v) is 11.9. The van der Waals surface area contributed by atoms with E-state index >= 15 is 0 Å². The van der Waals surface area contributed by atoms with Crippen molar-refractivity contribution in [2.75, 3.05) is 19.5 Å². The molecule has 2 amide bonds. The summed E-state index contributed by atoms with van der Waals surface area (Å²) in [5.41, 5.74) is 1.30. The molecule has 184 valence electrons. The summed E-state index contributed by atoms with van der Waals surface area (Å²) >= 11 is 0. The van der Waals surface area contributed by atoms with E-state index in [0.29, 0.717) is 34.2 Å². The molecule has 0 bridgehead atoms. The van der Waals surface area contributed by atoms with Crippen LogP contribution in [0.3, 0.4) is 0 Å². The van der Waals surface area contributed by atoms with Crippen molar-refractivity contribution in [1.29, 1.82) is 0 Å². The van der Waals surface area contributed by atoms with E-state index in [0.717, 1.165) is 31.1 Å². The zero-order valence-electron chi connectivity index (χ0n) is 20.3. The molecule has 2 aromatic carbocycles. The number of anilines is 1. The zero-order valence-corrected chi connectivity index (χ0v) is 20.3. The highest BCUT2D eigenvalue weighted by Gasteiger charge is 2.24. The van der Waals surface area contributed by atoms with Gasteiger partial charge in [0, 0.05) is 29.4 Å². The van der Waals surface area contributed by atoms with Crippen molar-refractivity contribution in [2.24, 2.45) is 5.92 Å². The van der Waals surface area contributed by atoms with Crippen LogP contribution in [0, 0.1) is 5.92 Å². The lowest BCUT2D eigenvalue weighted by Gasteiger charge is -2.24. The molecule has 1 fully saturated rings. The minimum atomic E-state index is -0.775. The monoisotopic (exact) mass is 477 g/mol. The number of nitrogens with zero attached hydrogens (tertiary/aromatic N) is 1. The normalized spacial score (nSPS) is 14.7. The van der Waals surface area contributed by atoms with Gasteiger partial charge in [0.2, 0.25) is 11.8 Å². The van der Waals surface area contributed by atoms with Crippen molar-refractivity contribution in [3.63, 3.8) is 0 Å². The first kappa shape index (κ1) is 24.3. The van der Waals surface area contributed by atoms with Crippen molar-refractivity contribution < 1.29 is 23.8 Å². The number of ether oxygens (including phenoxy) is 3. The molecule has 1 atom stereocenters. The molecule has 0 radical (unpaired) electrons. The van der Waals surface area contributed by atoms with E-state index < -0.39 is 5.92 Å². The maximum absolute atomic E-state index is 12.6. The molecule has 2 N–H and O–H groups in total. The van der Waals surface area contributed by atoms with Crippen LogP contribution in [-0.4, -0.2) is 37.1 Å². The second kappa shape index (κ2) is 11.1. The van der Waals surface area contributed by atoms with E-state index in [1.165, 1.54) is 6.42 Å². The van der Waals surface area contributed by atoms with Gasteiger partial charge >= 0.3 is 0 Å². The Balaban J connectivity index is 1.40. The van der Waals surface area contributed by atoms with Crippen LogP contribution in [0.1, 0.15) is 39.0 Å². The molecule has 1 aliphatic rings. The van der Waals surface area contributed by atoms with Gasteiger partial charge in [-0.05, 0) is 56.2 Å². The summed E-state index contributed by atoms with van der Waals surface area (Å²) in [4.78, 5) is 29.5.